The van der Waals surface area contributed by atoms with E-state index in [-0.39, 0.29) is 17.7 Å². The number of fused-ring (bicyclic) bond motifs is 3. The van der Waals surface area contributed by atoms with Gasteiger partial charge in [-0.1, -0.05) is 30.7 Å². The lowest BCUT2D eigenvalue weighted by atomic mass is 9.75. The van der Waals surface area contributed by atoms with E-state index in [2.05, 4.69) is 34.1 Å². The lowest BCUT2D eigenvalue weighted by molar-refractivity contribution is -0.135. The summed E-state index contributed by atoms with van der Waals surface area (Å²) in [6.45, 7) is 2.19. The van der Waals surface area contributed by atoms with Crippen molar-refractivity contribution in [2.24, 2.45) is 30.7 Å². The van der Waals surface area contributed by atoms with Gasteiger partial charge in [-0.05, 0) is 42.9 Å². The van der Waals surface area contributed by atoms with Crippen molar-refractivity contribution in [2.45, 2.75) is 32.1 Å². The van der Waals surface area contributed by atoms with Gasteiger partial charge in [0, 0.05) is 45.0 Å². The number of H-pyrrole nitrogens is 1. The maximum absolute atomic E-state index is 13.0. The van der Waals surface area contributed by atoms with Crippen LogP contribution in [0.4, 0.5) is 0 Å². The number of aryl methyl sites for hydroxylation is 1. The second-order valence-electron chi connectivity index (χ2n) is 9.42. The summed E-state index contributed by atoms with van der Waals surface area (Å²) in [6.07, 6.45) is 12.9. The van der Waals surface area contributed by atoms with Crippen molar-refractivity contribution in [2.75, 3.05) is 14.1 Å². The predicted molar refractivity (Wildman–Crippen MR) is 125 cm³/mol. The number of amides is 1. The second-order valence-corrected chi connectivity index (χ2v) is 9.83. The average molecular weight is 453 g/mol. The molecule has 0 aliphatic heterocycles. The fourth-order valence-corrected chi connectivity index (χ4v) is 6.06. The molecule has 0 aromatic carbocycles. The van der Waals surface area contributed by atoms with Crippen LogP contribution >= 0.6 is 11.6 Å². The first kappa shape index (κ1) is 21.2. The van der Waals surface area contributed by atoms with Crippen LogP contribution in [0.5, 0.6) is 0 Å². The number of nitrogens with zero attached hydrogens (tertiary/aromatic N) is 5. The summed E-state index contributed by atoms with van der Waals surface area (Å²) in [5, 5.41) is 4.90. The van der Waals surface area contributed by atoms with E-state index in [1.54, 1.807) is 22.0 Å². The lowest BCUT2D eigenvalue weighted by Crippen LogP contribution is -2.37. The van der Waals surface area contributed by atoms with E-state index in [1.165, 1.54) is 0 Å². The Bertz CT molecular complexity index is 1190. The highest BCUT2D eigenvalue weighted by Gasteiger charge is 2.49. The summed E-state index contributed by atoms with van der Waals surface area (Å²) in [7, 11) is 5.61. The topological polar surface area (TPSA) is 79.7 Å². The van der Waals surface area contributed by atoms with Gasteiger partial charge in [-0.15, -0.1) is 0 Å². The molecule has 7 nitrogen and oxygen atoms in total. The minimum atomic E-state index is 0.0536. The molecule has 168 valence electrons. The largest absolute Gasteiger partial charge is 0.349 e. The van der Waals surface area contributed by atoms with Crippen LogP contribution in [-0.2, 0) is 11.8 Å². The van der Waals surface area contributed by atoms with Crippen LogP contribution in [0.3, 0.4) is 0 Å². The van der Waals surface area contributed by atoms with Crippen LogP contribution in [0.2, 0.25) is 5.02 Å². The molecule has 5 atom stereocenters. The third-order valence-electron chi connectivity index (χ3n) is 7.30. The van der Waals surface area contributed by atoms with Crippen LogP contribution in [-0.4, -0.2) is 49.6 Å². The molecule has 3 aromatic heterocycles. The Balaban J connectivity index is 1.52. The standard InChI is InChI=1S/C24H29ClN6O/c1-5-13(9-17-14-6-7-15(8-14)19(17)24(32)30(2)3)20-18(25)11-26-23-21(20)28-22(29-23)16-10-27-31(4)12-16/h6-7,10-15,17,19H,5,8-9H2,1-4H3,(H,26,28,29). The van der Waals surface area contributed by atoms with Gasteiger partial charge in [0.2, 0.25) is 5.91 Å². The molecule has 3 heterocycles. The van der Waals surface area contributed by atoms with Gasteiger partial charge in [-0.25, -0.2) is 9.97 Å². The first-order valence-corrected chi connectivity index (χ1v) is 11.7. The van der Waals surface area contributed by atoms with Crippen molar-refractivity contribution < 1.29 is 4.79 Å². The number of hydrogen-bond donors (Lipinski definition) is 1. The molecule has 2 bridgehead atoms. The summed E-state index contributed by atoms with van der Waals surface area (Å²) in [4.78, 5) is 27.4. The highest BCUT2D eigenvalue weighted by atomic mass is 35.5. The number of carbonyl (C=O) groups is 1. The smallest absolute Gasteiger partial charge is 0.226 e. The van der Waals surface area contributed by atoms with E-state index in [9.17, 15) is 4.79 Å². The van der Waals surface area contributed by atoms with Gasteiger partial charge < -0.3 is 9.88 Å². The third kappa shape index (κ3) is 3.43. The molecule has 0 saturated heterocycles. The van der Waals surface area contributed by atoms with Gasteiger partial charge in [-0.3, -0.25) is 9.48 Å². The molecule has 1 amide bonds. The number of allylic oxidation sites excluding steroid dienone is 2. The Kier molecular flexibility index (Phi) is 5.32. The first-order valence-electron chi connectivity index (χ1n) is 11.3. The van der Waals surface area contributed by atoms with Crippen LogP contribution in [0.1, 0.15) is 37.7 Å². The highest BCUT2D eigenvalue weighted by molar-refractivity contribution is 6.32. The average Bonchev–Trinajstić information content (AvgIpc) is 3.54. The molecule has 2 aliphatic rings. The lowest BCUT2D eigenvalue weighted by Gasteiger charge is -2.32. The van der Waals surface area contributed by atoms with Crippen molar-refractivity contribution in [1.29, 1.82) is 0 Å². The second kappa shape index (κ2) is 8.03. The van der Waals surface area contributed by atoms with Gasteiger partial charge in [0.1, 0.15) is 5.82 Å². The minimum Gasteiger partial charge on any atom is -0.349 e. The van der Waals surface area contributed by atoms with Crippen LogP contribution in [0.15, 0.2) is 30.7 Å². The molecule has 0 spiro atoms. The Morgan fingerprint density at radius 1 is 1.31 bits per heavy atom. The molecular weight excluding hydrogens is 424 g/mol. The van der Waals surface area contributed by atoms with Crippen molar-refractivity contribution in [3.05, 3.63) is 41.3 Å². The normalized spacial score (nSPS) is 25.0. The zero-order chi connectivity index (χ0) is 22.6. The Morgan fingerprint density at radius 2 is 2.09 bits per heavy atom. The molecule has 5 rings (SSSR count). The van der Waals surface area contributed by atoms with E-state index < -0.39 is 0 Å². The Labute approximate surface area is 192 Å². The van der Waals surface area contributed by atoms with Gasteiger partial charge in [0.25, 0.3) is 0 Å². The summed E-state index contributed by atoms with van der Waals surface area (Å²) < 4.78 is 1.75. The number of hydrogen-bond acceptors (Lipinski definition) is 4. The highest BCUT2D eigenvalue weighted by Crippen LogP contribution is 2.52. The fraction of sp³-hybridized carbons (Fsp3) is 0.500. The van der Waals surface area contributed by atoms with Crippen molar-refractivity contribution >= 4 is 28.7 Å². The van der Waals surface area contributed by atoms with Gasteiger partial charge in [0.15, 0.2) is 5.65 Å². The number of nitrogens with one attached hydrogen (secondary N) is 1. The number of carbonyl (C=O) groups excluding carboxylic acids is 1. The summed E-state index contributed by atoms with van der Waals surface area (Å²) in [6, 6.07) is 0. The van der Waals surface area contributed by atoms with E-state index >= 15 is 0 Å². The van der Waals surface area contributed by atoms with Crippen molar-refractivity contribution in [3.63, 3.8) is 0 Å². The summed E-state index contributed by atoms with van der Waals surface area (Å²) >= 11 is 6.73. The van der Waals surface area contributed by atoms with Gasteiger partial charge >= 0.3 is 0 Å². The fourth-order valence-electron chi connectivity index (χ4n) is 5.76. The predicted octanol–water partition coefficient (Wildman–Crippen LogP) is 4.42. The van der Waals surface area contributed by atoms with E-state index in [0.29, 0.717) is 28.4 Å². The number of pyridine rings is 1. The Morgan fingerprint density at radius 3 is 2.78 bits per heavy atom. The molecule has 0 radical (unpaired) electrons. The molecule has 1 N–H and O–H groups in total. The minimum absolute atomic E-state index is 0.0536. The first-order chi connectivity index (χ1) is 15.4. The van der Waals surface area contributed by atoms with Gasteiger partial charge in [-0.2, -0.15) is 5.10 Å². The molecule has 8 heteroatoms. The van der Waals surface area contributed by atoms with Gasteiger partial charge in [0.05, 0.1) is 22.3 Å². The zero-order valence-corrected chi connectivity index (χ0v) is 19.7. The zero-order valence-electron chi connectivity index (χ0n) is 18.9. The number of imidazole rings is 1. The summed E-state index contributed by atoms with van der Waals surface area (Å²) in [5.41, 5.74) is 3.52. The number of halogens is 1. The third-order valence-corrected chi connectivity index (χ3v) is 7.60. The Hall–Kier alpha value is -2.67. The van der Waals surface area contributed by atoms with E-state index in [4.69, 9.17) is 16.6 Å². The molecule has 5 unspecified atom stereocenters. The van der Waals surface area contributed by atoms with Crippen LogP contribution in [0, 0.1) is 23.7 Å². The maximum atomic E-state index is 13.0. The van der Waals surface area contributed by atoms with Crippen LogP contribution in [0.25, 0.3) is 22.6 Å². The van der Waals surface area contributed by atoms with Crippen LogP contribution < -0.4 is 0 Å². The monoisotopic (exact) mass is 452 g/mol. The number of rotatable bonds is 6. The molecular formula is C24H29ClN6O. The molecule has 1 fully saturated rings. The molecule has 2 aliphatic carbocycles. The maximum Gasteiger partial charge on any atom is 0.226 e. The van der Waals surface area contributed by atoms with E-state index in [0.717, 1.165) is 41.7 Å². The van der Waals surface area contributed by atoms with Crippen molar-refractivity contribution in [1.82, 2.24) is 29.6 Å². The SMILES string of the molecule is CCC(CC1C2C=CC(C2)C1C(=O)N(C)C)c1c(Cl)cnc2nc(-c3cnn(C)c3)[nH]c12. The molecule has 1 saturated carbocycles. The quantitative estimate of drug-likeness (QED) is 0.561. The molecule has 32 heavy (non-hydrogen) atoms. The molecule has 3 aromatic rings. The van der Waals surface area contributed by atoms with E-state index in [1.807, 2.05) is 27.3 Å². The summed E-state index contributed by atoms with van der Waals surface area (Å²) in [5.74, 6) is 2.39. The number of aromatic amines is 1. The van der Waals surface area contributed by atoms with Crippen molar-refractivity contribution in [3.8, 4) is 11.4 Å². The number of aromatic nitrogens is 5.